The van der Waals surface area contributed by atoms with Gasteiger partial charge in [0.05, 0.1) is 19.3 Å². The second-order valence-electron chi connectivity index (χ2n) is 4.00. The van der Waals surface area contributed by atoms with E-state index in [1.807, 2.05) is 36.0 Å². The molecule has 0 saturated heterocycles. The molecule has 0 spiro atoms. The summed E-state index contributed by atoms with van der Waals surface area (Å²) in [6, 6.07) is 9.37. The fourth-order valence-corrected chi connectivity index (χ4v) is 1.64. The minimum atomic E-state index is -0.483. The SMILES string of the molecule is COC(=O)Nc1cccc(NCc2ccnn2C)c1. The molecule has 2 aromatic rings. The summed E-state index contributed by atoms with van der Waals surface area (Å²) in [6.45, 7) is 0.665. The van der Waals surface area contributed by atoms with Gasteiger partial charge < -0.3 is 10.1 Å². The lowest BCUT2D eigenvalue weighted by Gasteiger charge is -2.09. The van der Waals surface area contributed by atoms with Gasteiger partial charge in [0.2, 0.25) is 0 Å². The number of ether oxygens (including phenoxy) is 1. The highest BCUT2D eigenvalue weighted by atomic mass is 16.5. The largest absolute Gasteiger partial charge is 0.453 e. The van der Waals surface area contributed by atoms with Gasteiger partial charge in [-0.25, -0.2) is 4.79 Å². The number of carbonyl (C=O) groups is 1. The summed E-state index contributed by atoms with van der Waals surface area (Å²) >= 11 is 0. The van der Waals surface area contributed by atoms with Gasteiger partial charge in [-0.3, -0.25) is 10.00 Å². The first kappa shape index (κ1) is 12.9. The molecule has 6 heteroatoms. The Morgan fingerprint density at radius 3 is 2.84 bits per heavy atom. The van der Waals surface area contributed by atoms with Crippen LogP contribution in [0.1, 0.15) is 5.69 Å². The monoisotopic (exact) mass is 260 g/mol. The van der Waals surface area contributed by atoms with Gasteiger partial charge in [-0.2, -0.15) is 5.10 Å². The predicted octanol–water partition coefficient (Wildman–Crippen LogP) is 2.21. The van der Waals surface area contributed by atoms with Crippen LogP contribution in [0.4, 0.5) is 16.2 Å². The first-order valence-electron chi connectivity index (χ1n) is 5.85. The average Bonchev–Trinajstić information content (AvgIpc) is 2.82. The van der Waals surface area contributed by atoms with Crippen molar-refractivity contribution in [2.45, 2.75) is 6.54 Å². The van der Waals surface area contributed by atoms with Gasteiger partial charge in [0, 0.05) is 24.6 Å². The minimum absolute atomic E-state index is 0.483. The van der Waals surface area contributed by atoms with Crippen molar-refractivity contribution < 1.29 is 9.53 Å². The van der Waals surface area contributed by atoms with Gasteiger partial charge in [-0.1, -0.05) is 6.07 Å². The Bertz CT molecular complexity index is 565. The Balaban J connectivity index is 1.99. The average molecular weight is 260 g/mol. The number of methoxy groups -OCH3 is 1. The maximum atomic E-state index is 11.1. The summed E-state index contributed by atoms with van der Waals surface area (Å²) in [6.07, 6.45) is 1.27. The lowest BCUT2D eigenvalue weighted by Crippen LogP contribution is -2.11. The number of amides is 1. The van der Waals surface area contributed by atoms with Gasteiger partial charge in [0.1, 0.15) is 0 Å². The molecule has 0 atom stereocenters. The Labute approximate surface area is 111 Å². The third-order valence-corrected chi connectivity index (χ3v) is 2.69. The normalized spacial score (nSPS) is 10.0. The molecule has 0 bridgehead atoms. The first-order valence-corrected chi connectivity index (χ1v) is 5.85. The topological polar surface area (TPSA) is 68.2 Å². The van der Waals surface area contributed by atoms with E-state index in [1.54, 1.807) is 12.3 Å². The van der Waals surface area contributed by atoms with E-state index in [-0.39, 0.29) is 0 Å². The number of nitrogens with one attached hydrogen (secondary N) is 2. The van der Waals surface area contributed by atoms with Gasteiger partial charge in [-0.15, -0.1) is 0 Å². The van der Waals surface area contributed by atoms with Crippen LogP contribution in [-0.2, 0) is 18.3 Å². The molecule has 0 unspecified atom stereocenters. The zero-order valence-corrected chi connectivity index (χ0v) is 10.9. The highest BCUT2D eigenvalue weighted by Gasteiger charge is 2.02. The van der Waals surface area contributed by atoms with Crippen LogP contribution in [0.5, 0.6) is 0 Å². The van der Waals surface area contributed by atoms with E-state index < -0.39 is 6.09 Å². The zero-order chi connectivity index (χ0) is 13.7. The molecule has 0 saturated carbocycles. The standard InChI is InChI=1S/C13H16N4O2/c1-17-12(6-7-15-17)9-14-10-4-3-5-11(8-10)16-13(18)19-2/h3-8,14H,9H2,1-2H3,(H,16,18). The van der Waals surface area contributed by atoms with E-state index in [0.29, 0.717) is 12.2 Å². The molecule has 2 N–H and O–H groups in total. The Morgan fingerprint density at radius 1 is 1.37 bits per heavy atom. The van der Waals surface area contributed by atoms with E-state index in [2.05, 4.69) is 20.5 Å². The van der Waals surface area contributed by atoms with Crippen LogP contribution in [0, 0.1) is 0 Å². The highest BCUT2D eigenvalue weighted by Crippen LogP contribution is 2.16. The lowest BCUT2D eigenvalue weighted by molar-refractivity contribution is 0.187. The molecule has 1 heterocycles. The summed E-state index contributed by atoms with van der Waals surface area (Å²) in [5.74, 6) is 0. The molecule has 0 aliphatic heterocycles. The molecular formula is C13H16N4O2. The minimum Gasteiger partial charge on any atom is -0.453 e. The molecule has 1 aromatic carbocycles. The molecule has 19 heavy (non-hydrogen) atoms. The highest BCUT2D eigenvalue weighted by molar-refractivity contribution is 5.85. The lowest BCUT2D eigenvalue weighted by atomic mass is 10.2. The molecule has 1 aromatic heterocycles. The van der Waals surface area contributed by atoms with Crippen LogP contribution in [0.2, 0.25) is 0 Å². The molecule has 1 amide bonds. The van der Waals surface area contributed by atoms with Crippen molar-refractivity contribution in [2.24, 2.45) is 7.05 Å². The Kier molecular flexibility index (Phi) is 4.02. The van der Waals surface area contributed by atoms with Gasteiger partial charge in [0.25, 0.3) is 0 Å². The molecule has 0 fully saturated rings. The van der Waals surface area contributed by atoms with E-state index in [1.165, 1.54) is 7.11 Å². The van der Waals surface area contributed by atoms with E-state index >= 15 is 0 Å². The van der Waals surface area contributed by atoms with Crippen LogP contribution < -0.4 is 10.6 Å². The van der Waals surface area contributed by atoms with Crippen LogP contribution in [-0.4, -0.2) is 23.0 Å². The van der Waals surface area contributed by atoms with Crippen LogP contribution in [0.15, 0.2) is 36.5 Å². The fourth-order valence-electron chi connectivity index (χ4n) is 1.64. The van der Waals surface area contributed by atoms with Crippen LogP contribution in [0.25, 0.3) is 0 Å². The maximum Gasteiger partial charge on any atom is 0.411 e. The number of rotatable bonds is 4. The number of aromatic nitrogens is 2. The van der Waals surface area contributed by atoms with Crippen molar-refractivity contribution in [2.75, 3.05) is 17.7 Å². The predicted molar refractivity (Wildman–Crippen MR) is 73.0 cm³/mol. The zero-order valence-electron chi connectivity index (χ0n) is 10.9. The second kappa shape index (κ2) is 5.90. The number of hydrogen-bond donors (Lipinski definition) is 2. The number of aryl methyl sites for hydroxylation is 1. The van der Waals surface area contributed by atoms with Crippen molar-refractivity contribution in [3.05, 3.63) is 42.2 Å². The van der Waals surface area contributed by atoms with Gasteiger partial charge >= 0.3 is 6.09 Å². The van der Waals surface area contributed by atoms with E-state index in [9.17, 15) is 4.79 Å². The molecule has 0 radical (unpaired) electrons. The van der Waals surface area contributed by atoms with Crippen molar-refractivity contribution in [1.29, 1.82) is 0 Å². The van der Waals surface area contributed by atoms with E-state index in [4.69, 9.17) is 0 Å². The van der Waals surface area contributed by atoms with Crippen molar-refractivity contribution in [1.82, 2.24) is 9.78 Å². The van der Waals surface area contributed by atoms with Crippen molar-refractivity contribution >= 4 is 17.5 Å². The van der Waals surface area contributed by atoms with Gasteiger partial charge in [0.15, 0.2) is 0 Å². The van der Waals surface area contributed by atoms with Crippen LogP contribution >= 0.6 is 0 Å². The summed E-state index contributed by atoms with van der Waals surface area (Å²) < 4.78 is 6.36. The van der Waals surface area contributed by atoms with Crippen molar-refractivity contribution in [3.8, 4) is 0 Å². The molecule has 0 aliphatic carbocycles. The maximum absolute atomic E-state index is 11.1. The van der Waals surface area contributed by atoms with Crippen LogP contribution in [0.3, 0.4) is 0 Å². The summed E-state index contributed by atoms with van der Waals surface area (Å²) in [5.41, 5.74) is 2.67. The Morgan fingerprint density at radius 2 is 2.16 bits per heavy atom. The number of nitrogens with zero attached hydrogens (tertiary/aromatic N) is 2. The van der Waals surface area contributed by atoms with Crippen molar-refractivity contribution in [3.63, 3.8) is 0 Å². The third kappa shape index (κ3) is 3.48. The summed E-state index contributed by atoms with van der Waals surface area (Å²) in [5, 5.41) is 9.98. The number of benzene rings is 1. The third-order valence-electron chi connectivity index (χ3n) is 2.69. The molecule has 0 aliphatic rings. The number of anilines is 2. The number of carbonyl (C=O) groups excluding carboxylic acids is 1. The smallest absolute Gasteiger partial charge is 0.411 e. The number of hydrogen-bond acceptors (Lipinski definition) is 4. The molecular weight excluding hydrogens is 244 g/mol. The van der Waals surface area contributed by atoms with Gasteiger partial charge in [-0.05, 0) is 24.3 Å². The fraction of sp³-hybridized carbons (Fsp3) is 0.231. The molecule has 100 valence electrons. The molecule has 2 rings (SSSR count). The molecule has 6 nitrogen and oxygen atoms in total. The quantitative estimate of drug-likeness (QED) is 0.884. The summed E-state index contributed by atoms with van der Waals surface area (Å²) in [7, 11) is 3.23. The van der Waals surface area contributed by atoms with E-state index in [0.717, 1.165) is 11.4 Å². The second-order valence-corrected chi connectivity index (χ2v) is 4.00. The Hall–Kier alpha value is -2.50. The first-order chi connectivity index (χ1) is 9.19. The summed E-state index contributed by atoms with van der Waals surface area (Å²) in [4.78, 5) is 11.1.